The second kappa shape index (κ2) is 5.53. The molecule has 1 aromatic heterocycles. The van der Waals surface area contributed by atoms with Crippen molar-refractivity contribution in [3.63, 3.8) is 0 Å². The maximum absolute atomic E-state index is 5.55. The molecule has 1 saturated carbocycles. The molecule has 0 saturated heterocycles. The quantitative estimate of drug-likeness (QED) is 0.887. The maximum Gasteiger partial charge on any atom is 0.161 e. The van der Waals surface area contributed by atoms with Gasteiger partial charge in [-0.25, -0.2) is 0 Å². The lowest BCUT2D eigenvalue weighted by Gasteiger charge is -2.28. The molecule has 1 aromatic carbocycles. The van der Waals surface area contributed by atoms with Gasteiger partial charge in [0, 0.05) is 12.0 Å². The molecule has 1 atom stereocenters. The Morgan fingerprint density at radius 3 is 2.57 bits per heavy atom. The smallest absolute Gasteiger partial charge is 0.161 e. The van der Waals surface area contributed by atoms with E-state index in [-0.39, 0.29) is 11.5 Å². The first-order valence-corrected chi connectivity index (χ1v) is 7.59. The molecular formula is C17H23N3O. The van der Waals surface area contributed by atoms with Gasteiger partial charge in [0.15, 0.2) is 5.75 Å². The summed E-state index contributed by atoms with van der Waals surface area (Å²) in [5.74, 6) is 0.874. The molecule has 4 heteroatoms. The third-order valence-corrected chi connectivity index (χ3v) is 4.62. The van der Waals surface area contributed by atoms with E-state index in [0.717, 1.165) is 18.0 Å². The summed E-state index contributed by atoms with van der Waals surface area (Å²) in [6.07, 6.45) is 4.21. The Bertz CT molecular complexity index is 580. The Labute approximate surface area is 126 Å². The molecule has 3 rings (SSSR count). The van der Waals surface area contributed by atoms with Crippen molar-refractivity contribution < 1.29 is 4.74 Å². The van der Waals surface area contributed by atoms with E-state index >= 15 is 0 Å². The highest BCUT2D eigenvalue weighted by atomic mass is 16.5. The van der Waals surface area contributed by atoms with Crippen molar-refractivity contribution in [2.24, 2.45) is 0 Å². The van der Waals surface area contributed by atoms with Crippen LogP contribution in [-0.2, 0) is 12.0 Å². The van der Waals surface area contributed by atoms with Gasteiger partial charge in [-0.05, 0) is 32.4 Å². The van der Waals surface area contributed by atoms with Gasteiger partial charge in [0.05, 0.1) is 25.0 Å². The van der Waals surface area contributed by atoms with Crippen LogP contribution >= 0.6 is 0 Å². The van der Waals surface area contributed by atoms with E-state index < -0.39 is 0 Å². The SMILES string of the molecule is CCn1ncc(OC)c1C(NC)C1(c2ccccc2)CC1. The molecule has 4 nitrogen and oxygen atoms in total. The second-order valence-electron chi connectivity index (χ2n) is 5.66. The molecule has 0 bridgehead atoms. The van der Waals surface area contributed by atoms with Crippen molar-refractivity contribution in [3.8, 4) is 5.75 Å². The molecule has 0 aliphatic heterocycles. The zero-order chi connectivity index (χ0) is 14.9. The van der Waals surface area contributed by atoms with Gasteiger partial charge in [0.25, 0.3) is 0 Å². The molecule has 0 radical (unpaired) electrons. The number of aryl methyl sites for hydroxylation is 1. The van der Waals surface area contributed by atoms with Crippen molar-refractivity contribution in [3.05, 3.63) is 47.8 Å². The van der Waals surface area contributed by atoms with Crippen LogP contribution in [0.5, 0.6) is 5.75 Å². The van der Waals surface area contributed by atoms with Gasteiger partial charge in [0.2, 0.25) is 0 Å². The van der Waals surface area contributed by atoms with Gasteiger partial charge in [-0.15, -0.1) is 0 Å². The van der Waals surface area contributed by atoms with E-state index in [0.29, 0.717) is 0 Å². The molecule has 1 aliphatic rings. The van der Waals surface area contributed by atoms with Crippen LogP contribution in [0, 0.1) is 0 Å². The van der Waals surface area contributed by atoms with Crippen molar-refractivity contribution >= 4 is 0 Å². The van der Waals surface area contributed by atoms with E-state index in [2.05, 4.69) is 47.7 Å². The van der Waals surface area contributed by atoms with Crippen molar-refractivity contribution in [2.45, 2.75) is 37.8 Å². The van der Waals surface area contributed by atoms with Crippen molar-refractivity contribution in [1.29, 1.82) is 0 Å². The largest absolute Gasteiger partial charge is 0.493 e. The van der Waals surface area contributed by atoms with Crippen molar-refractivity contribution in [1.82, 2.24) is 15.1 Å². The standard InChI is InChI=1S/C17H23N3O/c1-4-20-15(14(21-3)12-19-20)16(18-2)17(10-11-17)13-8-6-5-7-9-13/h5-9,12,16,18H,4,10-11H2,1-3H3. The molecule has 1 aliphatic carbocycles. The van der Waals surface area contributed by atoms with E-state index in [1.807, 2.05) is 17.9 Å². The maximum atomic E-state index is 5.55. The third kappa shape index (κ3) is 2.23. The average molecular weight is 285 g/mol. The topological polar surface area (TPSA) is 39.1 Å². The monoisotopic (exact) mass is 285 g/mol. The van der Waals surface area contributed by atoms with Crippen LogP contribution in [0.25, 0.3) is 0 Å². The summed E-state index contributed by atoms with van der Waals surface area (Å²) >= 11 is 0. The predicted octanol–water partition coefficient (Wildman–Crippen LogP) is 2.90. The summed E-state index contributed by atoms with van der Waals surface area (Å²) in [5, 5.41) is 7.98. The van der Waals surface area contributed by atoms with E-state index in [1.54, 1.807) is 7.11 Å². The first-order valence-electron chi connectivity index (χ1n) is 7.59. The number of nitrogens with one attached hydrogen (secondary N) is 1. The Hall–Kier alpha value is -1.81. The Balaban J connectivity index is 2.05. The fourth-order valence-corrected chi connectivity index (χ4v) is 3.40. The molecule has 0 spiro atoms. The lowest BCUT2D eigenvalue weighted by Crippen LogP contribution is -2.32. The van der Waals surface area contributed by atoms with Crippen LogP contribution in [0.2, 0.25) is 0 Å². The molecule has 1 fully saturated rings. The Morgan fingerprint density at radius 1 is 1.33 bits per heavy atom. The van der Waals surface area contributed by atoms with E-state index in [4.69, 9.17) is 4.74 Å². The predicted molar refractivity (Wildman–Crippen MR) is 83.6 cm³/mol. The third-order valence-electron chi connectivity index (χ3n) is 4.62. The highest BCUT2D eigenvalue weighted by molar-refractivity contribution is 5.40. The van der Waals surface area contributed by atoms with Crippen LogP contribution in [0.15, 0.2) is 36.5 Å². The van der Waals surface area contributed by atoms with Gasteiger partial charge in [-0.1, -0.05) is 30.3 Å². The fraction of sp³-hybridized carbons (Fsp3) is 0.471. The van der Waals surface area contributed by atoms with E-state index in [1.165, 1.54) is 18.4 Å². The minimum Gasteiger partial charge on any atom is -0.493 e. The first-order chi connectivity index (χ1) is 10.3. The number of hydrogen-bond acceptors (Lipinski definition) is 3. The number of likely N-dealkylation sites (N-methyl/N-ethyl adjacent to an activating group) is 1. The highest BCUT2D eigenvalue weighted by Crippen LogP contribution is 2.57. The second-order valence-corrected chi connectivity index (χ2v) is 5.66. The zero-order valence-corrected chi connectivity index (χ0v) is 13.0. The number of rotatable bonds is 6. The Morgan fingerprint density at radius 2 is 2.05 bits per heavy atom. The van der Waals surface area contributed by atoms with Crippen LogP contribution in [0.3, 0.4) is 0 Å². The summed E-state index contributed by atoms with van der Waals surface area (Å²) in [4.78, 5) is 0. The lowest BCUT2D eigenvalue weighted by molar-refractivity contribution is 0.373. The molecule has 1 heterocycles. The molecule has 21 heavy (non-hydrogen) atoms. The number of hydrogen-bond donors (Lipinski definition) is 1. The minimum atomic E-state index is 0.163. The van der Waals surface area contributed by atoms with Gasteiger partial charge >= 0.3 is 0 Å². The molecule has 112 valence electrons. The van der Waals surface area contributed by atoms with E-state index in [9.17, 15) is 0 Å². The van der Waals surface area contributed by atoms with Crippen LogP contribution in [-0.4, -0.2) is 23.9 Å². The summed E-state index contributed by atoms with van der Waals surface area (Å²) in [6, 6.07) is 11.0. The molecule has 0 amide bonds. The Kier molecular flexibility index (Phi) is 3.72. The molecule has 1 N–H and O–H groups in total. The first kappa shape index (κ1) is 14.1. The van der Waals surface area contributed by atoms with Gasteiger partial charge in [0.1, 0.15) is 0 Å². The zero-order valence-electron chi connectivity index (χ0n) is 13.0. The molecule has 2 aromatic rings. The summed E-state index contributed by atoms with van der Waals surface area (Å²) in [7, 11) is 3.75. The highest BCUT2D eigenvalue weighted by Gasteiger charge is 2.52. The number of ether oxygens (including phenoxy) is 1. The normalized spacial score (nSPS) is 17.5. The lowest BCUT2D eigenvalue weighted by atomic mass is 9.86. The van der Waals surface area contributed by atoms with Crippen LogP contribution in [0.1, 0.15) is 37.1 Å². The fourth-order valence-electron chi connectivity index (χ4n) is 3.40. The molecular weight excluding hydrogens is 262 g/mol. The number of nitrogens with zero attached hydrogens (tertiary/aromatic N) is 2. The number of aromatic nitrogens is 2. The minimum absolute atomic E-state index is 0.163. The summed E-state index contributed by atoms with van der Waals surface area (Å²) < 4.78 is 7.59. The summed E-state index contributed by atoms with van der Waals surface area (Å²) in [6.45, 7) is 2.96. The van der Waals surface area contributed by atoms with Gasteiger partial charge < -0.3 is 10.1 Å². The van der Waals surface area contributed by atoms with Crippen LogP contribution < -0.4 is 10.1 Å². The molecule has 1 unspecified atom stereocenters. The van der Waals surface area contributed by atoms with Gasteiger partial charge in [-0.3, -0.25) is 4.68 Å². The number of methoxy groups -OCH3 is 1. The van der Waals surface area contributed by atoms with Crippen molar-refractivity contribution in [2.75, 3.05) is 14.2 Å². The average Bonchev–Trinajstić information content (AvgIpc) is 3.23. The van der Waals surface area contributed by atoms with Gasteiger partial charge in [-0.2, -0.15) is 5.10 Å². The number of benzene rings is 1. The summed E-state index contributed by atoms with van der Waals surface area (Å²) in [5.41, 5.74) is 2.72. The van der Waals surface area contributed by atoms with Crippen LogP contribution in [0.4, 0.5) is 0 Å².